The van der Waals surface area contributed by atoms with Gasteiger partial charge in [0, 0.05) is 19.1 Å². The molecule has 120 valence electrons. The summed E-state index contributed by atoms with van der Waals surface area (Å²) in [5.74, 6) is 0.569. The highest BCUT2D eigenvalue weighted by atomic mass is 19.4. The van der Waals surface area contributed by atoms with Crippen molar-refractivity contribution in [3.05, 3.63) is 0 Å². The summed E-state index contributed by atoms with van der Waals surface area (Å²) in [6, 6.07) is 0.263. The number of halogens is 3. The van der Waals surface area contributed by atoms with Gasteiger partial charge in [0.2, 0.25) is 0 Å². The molecular formula is C15H28F3NO. The molecular weight excluding hydrogens is 267 g/mol. The summed E-state index contributed by atoms with van der Waals surface area (Å²) in [6.45, 7) is 6.85. The van der Waals surface area contributed by atoms with Gasteiger partial charge in [-0.05, 0) is 44.1 Å². The second-order valence-corrected chi connectivity index (χ2v) is 6.90. The third-order valence-corrected chi connectivity index (χ3v) is 4.32. The average Bonchev–Trinajstić information content (AvgIpc) is 2.32. The van der Waals surface area contributed by atoms with Crippen molar-refractivity contribution in [3.8, 4) is 0 Å². The molecule has 1 aliphatic rings. The van der Waals surface area contributed by atoms with Crippen molar-refractivity contribution < 1.29 is 17.9 Å². The Hall–Kier alpha value is -0.290. The minimum atomic E-state index is -4.08. The van der Waals surface area contributed by atoms with Gasteiger partial charge in [0.1, 0.15) is 0 Å². The molecule has 0 heterocycles. The summed E-state index contributed by atoms with van der Waals surface area (Å²) >= 11 is 0. The van der Waals surface area contributed by atoms with E-state index in [2.05, 4.69) is 26.1 Å². The number of ether oxygens (including phenoxy) is 1. The first-order valence-corrected chi connectivity index (χ1v) is 7.49. The van der Waals surface area contributed by atoms with Crippen molar-refractivity contribution in [2.45, 2.75) is 71.2 Å². The third-order valence-electron chi connectivity index (χ3n) is 4.32. The van der Waals surface area contributed by atoms with Gasteiger partial charge in [-0.25, -0.2) is 0 Å². The van der Waals surface area contributed by atoms with E-state index in [4.69, 9.17) is 4.74 Å². The molecule has 5 heteroatoms. The minimum absolute atomic E-state index is 0.0335. The molecule has 0 aromatic heterocycles. The average molecular weight is 295 g/mol. The number of likely N-dealkylation sites (N-methyl/N-ethyl adjacent to an activating group) is 1. The maximum absolute atomic E-state index is 12.1. The van der Waals surface area contributed by atoms with Crippen LogP contribution in [0.4, 0.5) is 13.2 Å². The van der Waals surface area contributed by atoms with Crippen molar-refractivity contribution in [2.24, 2.45) is 11.3 Å². The monoisotopic (exact) mass is 295 g/mol. The summed E-state index contributed by atoms with van der Waals surface area (Å²) in [5.41, 5.74) is 0.228. The van der Waals surface area contributed by atoms with Crippen LogP contribution < -0.4 is 5.32 Å². The first-order chi connectivity index (χ1) is 9.13. The van der Waals surface area contributed by atoms with Gasteiger partial charge >= 0.3 is 6.18 Å². The molecule has 1 rings (SSSR count). The summed E-state index contributed by atoms with van der Waals surface area (Å²) in [4.78, 5) is 0. The van der Waals surface area contributed by atoms with Crippen LogP contribution in [0.15, 0.2) is 0 Å². The Labute approximate surface area is 120 Å². The molecule has 1 saturated carbocycles. The minimum Gasteiger partial charge on any atom is -0.377 e. The van der Waals surface area contributed by atoms with E-state index in [9.17, 15) is 13.2 Å². The number of nitrogens with one attached hydrogen (secondary N) is 1. The molecule has 0 radical (unpaired) electrons. The third kappa shape index (κ3) is 6.00. The molecule has 0 saturated heterocycles. The number of hydrogen-bond acceptors (Lipinski definition) is 2. The standard InChI is InChI=1S/C15H28F3NO/c1-14(2,3)11-6-7-12(19-4)13(10-11)20-9-5-8-15(16,17)18/h11-13,19H,5-10H2,1-4H3. The Morgan fingerprint density at radius 1 is 1.15 bits per heavy atom. The zero-order chi connectivity index (χ0) is 15.4. The van der Waals surface area contributed by atoms with Crippen LogP contribution in [0.1, 0.15) is 52.9 Å². The van der Waals surface area contributed by atoms with Gasteiger partial charge in [0.15, 0.2) is 0 Å². The zero-order valence-electron chi connectivity index (χ0n) is 13.0. The molecule has 3 unspecified atom stereocenters. The summed E-state index contributed by atoms with van der Waals surface area (Å²) in [5, 5.41) is 3.24. The van der Waals surface area contributed by atoms with Crippen molar-refractivity contribution in [1.82, 2.24) is 5.32 Å². The van der Waals surface area contributed by atoms with Crippen LogP contribution >= 0.6 is 0 Å². The van der Waals surface area contributed by atoms with Crippen LogP contribution in [0.5, 0.6) is 0 Å². The van der Waals surface area contributed by atoms with Crippen molar-refractivity contribution in [2.75, 3.05) is 13.7 Å². The predicted octanol–water partition coefficient (Wildman–Crippen LogP) is 4.15. The van der Waals surface area contributed by atoms with Gasteiger partial charge in [-0.2, -0.15) is 13.2 Å². The summed E-state index contributed by atoms with van der Waals surface area (Å²) in [7, 11) is 1.90. The van der Waals surface area contributed by atoms with E-state index in [0.29, 0.717) is 5.92 Å². The molecule has 1 aliphatic carbocycles. The summed E-state index contributed by atoms with van der Waals surface area (Å²) in [6.07, 6.45) is -1.64. The lowest BCUT2D eigenvalue weighted by atomic mass is 9.70. The normalized spacial score (nSPS) is 28.6. The van der Waals surface area contributed by atoms with Crippen LogP contribution in [0.2, 0.25) is 0 Å². The maximum atomic E-state index is 12.1. The topological polar surface area (TPSA) is 21.3 Å². The number of alkyl halides is 3. The molecule has 0 spiro atoms. The summed E-state index contributed by atoms with van der Waals surface area (Å²) < 4.78 is 42.1. The Morgan fingerprint density at radius 2 is 1.80 bits per heavy atom. The first-order valence-electron chi connectivity index (χ1n) is 7.49. The van der Waals surface area contributed by atoms with Crippen LogP contribution in [-0.4, -0.2) is 32.0 Å². The van der Waals surface area contributed by atoms with Crippen LogP contribution in [0, 0.1) is 11.3 Å². The Bertz CT molecular complexity index is 286. The molecule has 3 atom stereocenters. The molecule has 0 aliphatic heterocycles. The van der Waals surface area contributed by atoms with E-state index in [0.717, 1.165) is 19.3 Å². The fourth-order valence-electron chi connectivity index (χ4n) is 2.94. The van der Waals surface area contributed by atoms with Crippen LogP contribution in [0.3, 0.4) is 0 Å². The van der Waals surface area contributed by atoms with E-state index in [-0.39, 0.29) is 30.6 Å². The molecule has 20 heavy (non-hydrogen) atoms. The fraction of sp³-hybridized carbons (Fsp3) is 1.00. The Balaban J connectivity index is 2.43. The fourth-order valence-corrected chi connectivity index (χ4v) is 2.94. The Morgan fingerprint density at radius 3 is 2.30 bits per heavy atom. The first kappa shape index (κ1) is 17.8. The molecule has 1 fully saturated rings. The van der Waals surface area contributed by atoms with Gasteiger partial charge in [0.25, 0.3) is 0 Å². The number of rotatable bonds is 5. The van der Waals surface area contributed by atoms with Crippen LogP contribution in [0.25, 0.3) is 0 Å². The van der Waals surface area contributed by atoms with Crippen molar-refractivity contribution >= 4 is 0 Å². The van der Waals surface area contributed by atoms with Crippen LogP contribution in [-0.2, 0) is 4.74 Å². The molecule has 0 bridgehead atoms. The van der Waals surface area contributed by atoms with Gasteiger partial charge in [-0.1, -0.05) is 20.8 Å². The van der Waals surface area contributed by atoms with E-state index in [1.807, 2.05) is 7.05 Å². The smallest absolute Gasteiger partial charge is 0.377 e. The van der Waals surface area contributed by atoms with Crippen molar-refractivity contribution in [3.63, 3.8) is 0 Å². The van der Waals surface area contributed by atoms with E-state index < -0.39 is 12.6 Å². The van der Waals surface area contributed by atoms with Gasteiger partial charge in [-0.3, -0.25) is 0 Å². The van der Waals surface area contributed by atoms with E-state index in [1.165, 1.54) is 0 Å². The molecule has 0 aromatic rings. The highest BCUT2D eigenvalue weighted by Crippen LogP contribution is 2.38. The molecule has 2 nitrogen and oxygen atoms in total. The zero-order valence-corrected chi connectivity index (χ0v) is 13.0. The highest BCUT2D eigenvalue weighted by Gasteiger charge is 2.36. The van der Waals surface area contributed by atoms with E-state index >= 15 is 0 Å². The molecule has 0 aromatic carbocycles. The Kier molecular flexibility index (Phi) is 6.32. The maximum Gasteiger partial charge on any atom is 0.389 e. The second kappa shape index (κ2) is 7.12. The quantitative estimate of drug-likeness (QED) is 0.769. The molecule has 1 N–H and O–H groups in total. The van der Waals surface area contributed by atoms with E-state index in [1.54, 1.807) is 0 Å². The van der Waals surface area contributed by atoms with Crippen molar-refractivity contribution in [1.29, 1.82) is 0 Å². The van der Waals surface area contributed by atoms with Gasteiger partial charge in [-0.15, -0.1) is 0 Å². The highest BCUT2D eigenvalue weighted by molar-refractivity contribution is 4.89. The lowest BCUT2D eigenvalue weighted by Crippen LogP contribution is -2.46. The van der Waals surface area contributed by atoms with Gasteiger partial charge in [0.05, 0.1) is 6.10 Å². The lowest BCUT2D eigenvalue weighted by molar-refractivity contribution is -0.140. The predicted molar refractivity (Wildman–Crippen MR) is 74.7 cm³/mol. The largest absolute Gasteiger partial charge is 0.389 e. The molecule has 0 amide bonds. The number of hydrogen-bond donors (Lipinski definition) is 1. The SMILES string of the molecule is CNC1CCC(C(C)(C)C)CC1OCCCC(F)(F)F. The van der Waals surface area contributed by atoms with Gasteiger partial charge < -0.3 is 10.1 Å². The second-order valence-electron chi connectivity index (χ2n) is 6.90. The lowest BCUT2D eigenvalue weighted by Gasteiger charge is -2.41.